The van der Waals surface area contributed by atoms with Crippen LogP contribution in [-0.2, 0) is 6.42 Å². The molecule has 2 N–H and O–H groups in total. The van der Waals surface area contributed by atoms with Gasteiger partial charge >= 0.3 is 0 Å². The fourth-order valence-electron chi connectivity index (χ4n) is 1.35. The Balaban J connectivity index is 2.87. The SMILES string of the molecule is COc1ccc(CC(C)(C)O)cc1O. The molecule has 1 aromatic rings. The number of aromatic hydroxyl groups is 1. The van der Waals surface area contributed by atoms with Crippen molar-refractivity contribution in [2.45, 2.75) is 25.9 Å². The van der Waals surface area contributed by atoms with Crippen molar-refractivity contribution in [1.29, 1.82) is 0 Å². The molecule has 0 radical (unpaired) electrons. The van der Waals surface area contributed by atoms with Gasteiger partial charge in [-0.05, 0) is 31.5 Å². The highest BCUT2D eigenvalue weighted by molar-refractivity contribution is 5.41. The van der Waals surface area contributed by atoms with E-state index in [4.69, 9.17) is 4.74 Å². The Kier molecular flexibility index (Phi) is 3.01. The molecule has 0 fully saturated rings. The third kappa shape index (κ3) is 2.92. The fraction of sp³-hybridized carbons (Fsp3) is 0.455. The summed E-state index contributed by atoms with van der Waals surface area (Å²) < 4.78 is 4.92. The maximum Gasteiger partial charge on any atom is 0.160 e. The van der Waals surface area contributed by atoms with Gasteiger partial charge in [-0.3, -0.25) is 0 Å². The first kappa shape index (κ1) is 10.9. The zero-order chi connectivity index (χ0) is 10.8. The van der Waals surface area contributed by atoms with Crippen LogP contribution in [0, 0.1) is 0 Å². The van der Waals surface area contributed by atoms with Gasteiger partial charge in [0.15, 0.2) is 11.5 Å². The lowest BCUT2D eigenvalue weighted by Crippen LogP contribution is -2.21. The normalized spacial score (nSPS) is 11.4. The summed E-state index contributed by atoms with van der Waals surface area (Å²) in [6.07, 6.45) is 0.505. The Hall–Kier alpha value is -1.22. The predicted molar refractivity (Wildman–Crippen MR) is 54.7 cm³/mol. The third-order valence-electron chi connectivity index (χ3n) is 1.88. The number of hydrogen-bond acceptors (Lipinski definition) is 3. The molecule has 3 heteroatoms. The molecule has 3 nitrogen and oxygen atoms in total. The molecule has 0 saturated heterocycles. The summed E-state index contributed by atoms with van der Waals surface area (Å²) in [5.41, 5.74) is 0.122. The van der Waals surface area contributed by atoms with Crippen LogP contribution in [0.1, 0.15) is 19.4 Å². The zero-order valence-corrected chi connectivity index (χ0v) is 8.74. The van der Waals surface area contributed by atoms with Gasteiger partial charge in [0.2, 0.25) is 0 Å². The van der Waals surface area contributed by atoms with Crippen LogP contribution in [0.15, 0.2) is 18.2 Å². The highest BCUT2D eigenvalue weighted by Crippen LogP contribution is 2.27. The van der Waals surface area contributed by atoms with Gasteiger partial charge in [-0.25, -0.2) is 0 Å². The summed E-state index contributed by atoms with van der Waals surface area (Å²) in [5.74, 6) is 0.554. The van der Waals surface area contributed by atoms with Gasteiger partial charge in [-0.15, -0.1) is 0 Å². The van der Waals surface area contributed by atoms with Crippen molar-refractivity contribution in [2.24, 2.45) is 0 Å². The fourth-order valence-corrected chi connectivity index (χ4v) is 1.35. The Bertz CT molecular complexity index is 313. The quantitative estimate of drug-likeness (QED) is 0.773. The maximum atomic E-state index is 9.58. The minimum atomic E-state index is -0.763. The van der Waals surface area contributed by atoms with Crippen molar-refractivity contribution >= 4 is 0 Å². The van der Waals surface area contributed by atoms with E-state index in [-0.39, 0.29) is 5.75 Å². The largest absolute Gasteiger partial charge is 0.504 e. The molecule has 78 valence electrons. The highest BCUT2D eigenvalue weighted by Gasteiger charge is 2.14. The van der Waals surface area contributed by atoms with Crippen LogP contribution < -0.4 is 4.74 Å². The summed E-state index contributed by atoms with van der Waals surface area (Å²) in [5, 5.41) is 19.1. The Morgan fingerprint density at radius 3 is 2.43 bits per heavy atom. The van der Waals surface area contributed by atoms with Crippen LogP contribution in [0.2, 0.25) is 0 Å². The number of benzene rings is 1. The van der Waals surface area contributed by atoms with E-state index in [9.17, 15) is 10.2 Å². The van der Waals surface area contributed by atoms with Crippen molar-refractivity contribution < 1.29 is 14.9 Å². The smallest absolute Gasteiger partial charge is 0.160 e. The van der Waals surface area contributed by atoms with Gasteiger partial charge < -0.3 is 14.9 Å². The van der Waals surface area contributed by atoms with Gasteiger partial charge in [-0.2, -0.15) is 0 Å². The molecule has 0 heterocycles. The van der Waals surface area contributed by atoms with Crippen molar-refractivity contribution in [3.05, 3.63) is 23.8 Å². The molecule has 0 atom stereocenters. The number of methoxy groups -OCH3 is 1. The second-order valence-corrected chi connectivity index (χ2v) is 4.00. The highest BCUT2D eigenvalue weighted by atomic mass is 16.5. The average molecular weight is 196 g/mol. The number of phenolic OH excluding ortho intramolecular Hbond substituents is 1. The van der Waals surface area contributed by atoms with E-state index >= 15 is 0 Å². The van der Waals surface area contributed by atoms with Crippen molar-refractivity contribution in [1.82, 2.24) is 0 Å². The van der Waals surface area contributed by atoms with Gasteiger partial charge in [0.05, 0.1) is 12.7 Å². The van der Waals surface area contributed by atoms with Crippen LogP contribution in [-0.4, -0.2) is 22.9 Å². The Morgan fingerprint density at radius 2 is 2.00 bits per heavy atom. The van der Waals surface area contributed by atoms with Crippen molar-refractivity contribution in [3.8, 4) is 11.5 Å². The van der Waals surface area contributed by atoms with E-state index < -0.39 is 5.60 Å². The van der Waals surface area contributed by atoms with Crippen LogP contribution in [0.25, 0.3) is 0 Å². The Morgan fingerprint density at radius 1 is 1.36 bits per heavy atom. The monoisotopic (exact) mass is 196 g/mol. The lowest BCUT2D eigenvalue weighted by molar-refractivity contribution is 0.0809. The molecule has 0 saturated carbocycles. The molecular formula is C11H16O3. The van der Waals surface area contributed by atoms with E-state index in [0.717, 1.165) is 5.56 Å². The van der Waals surface area contributed by atoms with Crippen LogP contribution in [0.5, 0.6) is 11.5 Å². The van der Waals surface area contributed by atoms with Gasteiger partial charge in [-0.1, -0.05) is 6.07 Å². The molecule has 0 unspecified atom stereocenters. The van der Waals surface area contributed by atoms with E-state index in [0.29, 0.717) is 12.2 Å². The number of phenols is 1. The number of hydrogen-bond donors (Lipinski definition) is 2. The molecule has 1 aromatic carbocycles. The van der Waals surface area contributed by atoms with E-state index in [2.05, 4.69) is 0 Å². The summed E-state index contributed by atoms with van der Waals surface area (Å²) in [7, 11) is 1.50. The van der Waals surface area contributed by atoms with E-state index in [1.165, 1.54) is 7.11 Å². The summed E-state index contributed by atoms with van der Waals surface area (Å²) in [4.78, 5) is 0. The van der Waals surface area contributed by atoms with Crippen LogP contribution in [0.3, 0.4) is 0 Å². The second-order valence-electron chi connectivity index (χ2n) is 4.00. The van der Waals surface area contributed by atoms with E-state index in [1.807, 2.05) is 6.07 Å². The number of ether oxygens (including phenoxy) is 1. The molecule has 0 aliphatic carbocycles. The second kappa shape index (κ2) is 3.88. The molecule has 0 aliphatic rings. The minimum Gasteiger partial charge on any atom is -0.504 e. The maximum absolute atomic E-state index is 9.58. The molecular weight excluding hydrogens is 180 g/mol. The first-order valence-corrected chi connectivity index (χ1v) is 4.50. The topological polar surface area (TPSA) is 49.7 Å². The molecule has 0 spiro atoms. The molecule has 0 aromatic heterocycles. The standard InChI is InChI=1S/C11H16O3/c1-11(2,13)7-8-4-5-10(14-3)9(12)6-8/h4-6,12-13H,7H2,1-3H3. The summed E-state index contributed by atoms with van der Waals surface area (Å²) >= 11 is 0. The summed E-state index contributed by atoms with van der Waals surface area (Å²) in [6.45, 7) is 3.46. The summed E-state index contributed by atoms with van der Waals surface area (Å²) in [6, 6.07) is 5.13. The number of rotatable bonds is 3. The van der Waals surface area contributed by atoms with Crippen molar-refractivity contribution in [3.63, 3.8) is 0 Å². The lowest BCUT2D eigenvalue weighted by atomic mass is 9.98. The first-order chi connectivity index (χ1) is 6.42. The van der Waals surface area contributed by atoms with Crippen LogP contribution in [0.4, 0.5) is 0 Å². The minimum absolute atomic E-state index is 0.106. The molecule has 14 heavy (non-hydrogen) atoms. The third-order valence-corrected chi connectivity index (χ3v) is 1.88. The van der Waals surface area contributed by atoms with E-state index in [1.54, 1.807) is 26.0 Å². The molecule has 0 bridgehead atoms. The van der Waals surface area contributed by atoms with Gasteiger partial charge in [0.1, 0.15) is 0 Å². The number of aliphatic hydroxyl groups is 1. The van der Waals surface area contributed by atoms with Gasteiger partial charge in [0.25, 0.3) is 0 Å². The molecule has 0 aliphatic heterocycles. The zero-order valence-electron chi connectivity index (χ0n) is 8.74. The van der Waals surface area contributed by atoms with Crippen LogP contribution >= 0.6 is 0 Å². The average Bonchev–Trinajstić information content (AvgIpc) is 2.01. The lowest BCUT2D eigenvalue weighted by Gasteiger charge is -2.17. The molecule has 1 rings (SSSR count). The predicted octanol–water partition coefficient (Wildman–Crippen LogP) is 1.71. The molecule has 0 amide bonds. The Labute approximate surface area is 84.0 Å². The first-order valence-electron chi connectivity index (χ1n) is 4.50. The van der Waals surface area contributed by atoms with Gasteiger partial charge in [0, 0.05) is 6.42 Å². The van der Waals surface area contributed by atoms with Crippen molar-refractivity contribution in [2.75, 3.05) is 7.11 Å².